The van der Waals surface area contributed by atoms with E-state index in [1.54, 1.807) is 24.0 Å². The average molecular weight is 593 g/mol. The summed E-state index contributed by atoms with van der Waals surface area (Å²) < 4.78 is 5.38. The van der Waals surface area contributed by atoms with Crippen molar-refractivity contribution in [1.82, 2.24) is 9.80 Å². The van der Waals surface area contributed by atoms with Gasteiger partial charge in [0.25, 0.3) is 0 Å². The number of ether oxygens (including phenoxy) is 1. The molecule has 2 aromatic carbocycles. The van der Waals surface area contributed by atoms with E-state index in [1.807, 2.05) is 24.3 Å². The van der Waals surface area contributed by atoms with Crippen LogP contribution in [0.2, 0.25) is 0 Å². The summed E-state index contributed by atoms with van der Waals surface area (Å²) in [5, 5.41) is 10.3. The van der Waals surface area contributed by atoms with Crippen LogP contribution in [-0.2, 0) is 25.7 Å². The predicted molar refractivity (Wildman–Crippen MR) is 163 cm³/mol. The molecule has 2 aromatic rings. The molecular weight excluding hydrogens is 556 g/mol. The number of hydrogen-bond donors (Lipinski definition) is 1. The number of hydrogen-bond acceptors (Lipinski definition) is 7. The van der Waals surface area contributed by atoms with Crippen LogP contribution in [0.3, 0.4) is 0 Å². The Labute approximate surface area is 256 Å². The van der Waals surface area contributed by atoms with Gasteiger partial charge in [0.1, 0.15) is 0 Å². The maximum absolute atomic E-state index is 14.3. The maximum Gasteiger partial charge on any atom is 0.233 e. The summed E-state index contributed by atoms with van der Waals surface area (Å²) in [6.07, 6.45) is 5.55. The third kappa shape index (κ3) is 4.54. The second kappa shape index (κ2) is 11.0. The molecule has 2 heterocycles. The van der Waals surface area contributed by atoms with E-state index in [-0.39, 0.29) is 53.3 Å². The topological polar surface area (TPSA) is 104 Å². The molecule has 0 spiro atoms. The van der Waals surface area contributed by atoms with Crippen molar-refractivity contribution in [1.29, 1.82) is 0 Å². The molecule has 2 aliphatic heterocycles. The molecule has 1 N–H and O–H groups in total. The zero-order valence-electron chi connectivity index (χ0n) is 25.0. The van der Waals surface area contributed by atoms with Crippen molar-refractivity contribution in [3.63, 3.8) is 0 Å². The number of piperidine rings is 1. The summed E-state index contributed by atoms with van der Waals surface area (Å²) in [7, 11) is 1.46. The van der Waals surface area contributed by atoms with Crippen molar-refractivity contribution in [3.8, 4) is 11.5 Å². The molecule has 5 aliphatic rings. The number of phenols is 1. The van der Waals surface area contributed by atoms with Crippen molar-refractivity contribution in [2.45, 2.75) is 51.1 Å². The lowest BCUT2D eigenvalue weighted by Crippen LogP contribution is -2.47. The Balaban J connectivity index is 1.19. The van der Waals surface area contributed by atoms with Gasteiger partial charge in [-0.25, -0.2) is 0 Å². The summed E-state index contributed by atoms with van der Waals surface area (Å²) in [5.41, 5.74) is 4.09. The first kappa shape index (κ1) is 28.5. The van der Waals surface area contributed by atoms with Crippen LogP contribution in [0.15, 0.2) is 83.0 Å². The Kier molecular flexibility index (Phi) is 7.12. The van der Waals surface area contributed by atoms with Gasteiger partial charge in [-0.15, -0.1) is 0 Å². The number of nitrogens with zero attached hydrogens (tertiary/aromatic N) is 2. The normalized spacial score (nSPS) is 27.5. The van der Waals surface area contributed by atoms with Gasteiger partial charge in [-0.05, 0) is 67.9 Å². The highest BCUT2D eigenvalue weighted by Crippen LogP contribution is 2.56. The summed E-state index contributed by atoms with van der Waals surface area (Å²) in [5.74, 6) is -2.41. The van der Waals surface area contributed by atoms with E-state index in [2.05, 4.69) is 17.0 Å². The van der Waals surface area contributed by atoms with E-state index in [1.165, 1.54) is 24.8 Å². The largest absolute Gasteiger partial charge is 0.504 e. The highest BCUT2D eigenvalue weighted by Gasteiger charge is 2.57. The third-order valence-electron chi connectivity index (χ3n) is 10.3. The van der Waals surface area contributed by atoms with E-state index in [0.717, 1.165) is 38.0 Å². The van der Waals surface area contributed by atoms with Gasteiger partial charge in [0.2, 0.25) is 11.8 Å². The standard InChI is InChI=1S/C36H36N2O6/c1-20-16-29(40)27-18-26-24(31(33(27)34(20)41)22-8-11-28(39)30(17-22)44-2)9-10-25-32(26)36(43)38(35(25)42)23-12-14-37(15-13-23)19-21-6-4-3-5-7-21/h3-9,11,16-17,23,25-26,31-32,39H,10,12-15,18-19H2,1-2H3. The van der Waals surface area contributed by atoms with E-state index in [4.69, 9.17) is 4.74 Å². The molecule has 8 heteroatoms. The summed E-state index contributed by atoms with van der Waals surface area (Å²) in [4.78, 5) is 59.1. The molecule has 2 amide bonds. The quantitative estimate of drug-likeness (QED) is 0.310. The molecule has 4 unspecified atom stereocenters. The molecule has 0 aromatic heterocycles. The number of phenolic OH excluding ortho intramolecular Hbond substituents is 1. The van der Waals surface area contributed by atoms with Gasteiger partial charge in [-0.3, -0.25) is 29.0 Å². The molecule has 7 rings (SSSR count). The van der Waals surface area contributed by atoms with Crippen LogP contribution in [0, 0.1) is 17.8 Å². The third-order valence-corrected chi connectivity index (χ3v) is 10.3. The van der Waals surface area contributed by atoms with E-state index in [0.29, 0.717) is 28.7 Å². The molecule has 2 fully saturated rings. The summed E-state index contributed by atoms with van der Waals surface area (Å²) >= 11 is 0. The van der Waals surface area contributed by atoms with Gasteiger partial charge in [0.15, 0.2) is 23.1 Å². The minimum absolute atomic E-state index is 0.0281. The van der Waals surface area contributed by atoms with Crippen molar-refractivity contribution in [2.24, 2.45) is 17.8 Å². The number of benzene rings is 2. The lowest BCUT2D eigenvalue weighted by molar-refractivity contribution is -0.144. The fourth-order valence-electron chi connectivity index (χ4n) is 8.18. The Morgan fingerprint density at radius 2 is 1.70 bits per heavy atom. The zero-order chi connectivity index (χ0) is 30.7. The molecule has 44 heavy (non-hydrogen) atoms. The van der Waals surface area contributed by atoms with E-state index in [9.17, 15) is 24.3 Å². The number of amides is 2. The number of carbonyl (C=O) groups is 4. The number of carbonyl (C=O) groups excluding carboxylic acids is 4. The van der Waals surface area contributed by atoms with E-state index < -0.39 is 17.8 Å². The average Bonchev–Trinajstić information content (AvgIpc) is 3.29. The molecule has 2 saturated heterocycles. The number of fused-ring (bicyclic) bond motifs is 3. The second-order valence-corrected chi connectivity index (χ2v) is 12.7. The molecule has 3 aliphatic carbocycles. The van der Waals surface area contributed by atoms with Gasteiger partial charge in [0, 0.05) is 48.3 Å². The number of allylic oxidation sites excluding steroid dienone is 6. The fraction of sp³-hybridized carbons (Fsp3) is 0.389. The van der Waals surface area contributed by atoms with Crippen molar-refractivity contribution in [2.75, 3.05) is 20.2 Å². The molecule has 226 valence electrons. The van der Waals surface area contributed by atoms with Gasteiger partial charge in [0.05, 0.1) is 18.9 Å². The van der Waals surface area contributed by atoms with Gasteiger partial charge in [-0.2, -0.15) is 0 Å². The number of likely N-dealkylation sites (tertiary alicyclic amines) is 2. The molecule has 8 nitrogen and oxygen atoms in total. The second-order valence-electron chi connectivity index (χ2n) is 12.7. The Morgan fingerprint density at radius 3 is 2.43 bits per heavy atom. The van der Waals surface area contributed by atoms with Crippen LogP contribution in [0.25, 0.3) is 0 Å². The first-order valence-corrected chi connectivity index (χ1v) is 15.5. The van der Waals surface area contributed by atoms with Crippen LogP contribution >= 0.6 is 0 Å². The minimum Gasteiger partial charge on any atom is -0.504 e. The van der Waals surface area contributed by atoms with Crippen molar-refractivity contribution in [3.05, 3.63) is 94.1 Å². The van der Waals surface area contributed by atoms with Crippen LogP contribution in [0.5, 0.6) is 11.5 Å². The van der Waals surface area contributed by atoms with E-state index >= 15 is 0 Å². The number of methoxy groups -OCH3 is 1. The van der Waals surface area contributed by atoms with Crippen molar-refractivity contribution >= 4 is 23.4 Å². The van der Waals surface area contributed by atoms with Crippen LogP contribution < -0.4 is 4.74 Å². The smallest absolute Gasteiger partial charge is 0.233 e. The predicted octanol–water partition coefficient (Wildman–Crippen LogP) is 4.49. The van der Waals surface area contributed by atoms with Crippen LogP contribution in [0.4, 0.5) is 0 Å². The number of aromatic hydroxyl groups is 1. The molecule has 0 saturated carbocycles. The van der Waals surface area contributed by atoms with Gasteiger partial charge >= 0.3 is 0 Å². The highest BCUT2D eigenvalue weighted by molar-refractivity contribution is 6.23. The van der Waals surface area contributed by atoms with Gasteiger partial charge < -0.3 is 9.84 Å². The van der Waals surface area contributed by atoms with Gasteiger partial charge in [-0.1, -0.05) is 48.0 Å². The Morgan fingerprint density at radius 1 is 0.955 bits per heavy atom. The minimum atomic E-state index is -0.574. The first-order chi connectivity index (χ1) is 21.3. The molecule has 4 atom stereocenters. The number of imide groups is 1. The lowest BCUT2D eigenvalue weighted by atomic mass is 9.59. The number of ketones is 2. The summed E-state index contributed by atoms with van der Waals surface area (Å²) in [6, 6.07) is 15.1. The van der Waals surface area contributed by atoms with Crippen LogP contribution in [0.1, 0.15) is 49.7 Å². The fourth-order valence-corrected chi connectivity index (χ4v) is 8.18. The van der Waals surface area contributed by atoms with Crippen LogP contribution in [-0.4, -0.2) is 64.5 Å². The number of rotatable bonds is 5. The Bertz CT molecular complexity index is 1660. The first-order valence-electron chi connectivity index (χ1n) is 15.5. The highest BCUT2D eigenvalue weighted by atomic mass is 16.5. The molecule has 0 radical (unpaired) electrons. The zero-order valence-corrected chi connectivity index (χ0v) is 25.0. The molecule has 0 bridgehead atoms. The number of Topliss-reactive ketones (excluding diaryl/α,β-unsaturated/α-hetero) is 1. The monoisotopic (exact) mass is 592 g/mol. The molecular formula is C36H36N2O6. The lowest BCUT2D eigenvalue weighted by Gasteiger charge is -2.42. The maximum atomic E-state index is 14.3. The van der Waals surface area contributed by atoms with Crippen molar-refractivity contribution < 1.29 is 29.0 Å². The summed E-state index contributed by atoms with van der Waals surface area (Å²) in [6.45, 7) is 4.11. The SMILES string of the molecule is COc1cc(C2C3=CCC4C(=O)N(C5CCN(Cc6ccccc6)CC5)C(=O)C4C3CC3=C2C(=O)C(C)=CC3=O)ccc1O. The Hall–Kier alpha value is -4.30.